The van der Waals surface area contributed by atoms with Crippen LogP contribution in [0.25, 0.3) is 0 Å². The Bertz CT molecular complexity index is 500. The van der Waals surface area contributed by atoms with Crippen molar-refractivity contribution in [1.29, 1.82) is 0 Å². The average molecular weight is 247 g/mol. The molecule has 0 aliphatic carbocycles. The van der Waals surface area contributed by atoms with E-state index in [1.165, 1.54) is 4.90 Å². The topological polar surface area (TPSA) is 43.8 Å². The summed E-state index contributed by atoms with van der Waals surface area (Å²) in [5.41, 5.74) is 8.03. The first kappa shape index (κ1) is 12.2. The Morgan fingerprint density at radius 3 is 2.41 bits per heavy atom. The molecule has 1 aromatic carbocycles. The molecule has 0 aliphatic heterocycles. The number of hydrogen-bond donors (Lipinski definition) is 1. The van der Waals surface area contributed by atoms with Crippen molar-refractivity contribution < 1.29 is 0 Å². The molecule has 0 unspecified atom stereocenters. The van der Waals surface area contributed by atoms with Gasteiger partial charge in [-0.1, -0.05) is 23.9 Å². The maximum Gasteiger partial charge on any atom is 0.0986 e. The van der Waals surface area contributed by atoms with Gasteiger partial charge in [0.05, 0.1) is 10.7 Å². The summed E-state index contributed by atoms with van der Waals surface area (Å²) >= 11 is 1.72. The number of hydrogen-bond acceptors (Lipinski definition) is 3. The van der Waals surface area contributed by atoms with Crippen molar-refractivity contribution in [2.24, 2.45) is 12.8 Å². The zero-order valence-corrected chi connectivity index (χ0v) is 11.2. The molecule has 0 fully saturated rings. The van der Waals surface area contributed by atoms with Gasteiger partial charge in [0.1, 0.15) is 0 Å². The van der Waals surface area contributed by atoms with Crippen molar-refractivity contribution in [3.05, 3.63) is 41.6 Å². The van der Waals surface area contributed by atoms with Crippen LogP contribution in [0, 0.1) is 6.92 Å². The molecule has 4 heteroatoms. The molecular formula is C13H17N3S. The highest BCUT2D eigenvalue weighted by atomic mass is 32.2. The predicted octanol–water partition coefficient (Wildman–Crippen LogP) is 2.90. The van der Waals surface area contributed by atoms with Crippen molar-refractivity contribution in [3.8, 4) is 0 Å². The van der Waals surface area contributed by atoms with Gasteiger partial charge in [0.2, 0.25) is 0 Å². The molecule has 1 atom stereocenters. The quantitative estimate of drug-likeness (QED) is 0.907. The van der Waals surface area contributed by atoms with Crippen LogP contribution < -0.4 is 5.73 Å². The summed E-state index contributed by atoms with van der Waals surface area (Å²) < 4.78 is 1.90. The van der Waals surface area contributed by atoms with Crippen LogP contribution in [-0.4, -0.2) is 9.78 Å². The zero-order chi connectivity index (χ0) is 12.4. The Morgan fingerprint density at radius 2 is 1.94 bits per heavy atom. The van der Waals surface area contributed by atoms with Crippen LogP contribution in [0.15, 0.2) is 40.3 Å². The van der Waals surface area contributed by atoms with Crippen molar-refractivity contribution >= 4 is 11.8 Å². The second kappa shape index (κ2) is 4.94. The molecule has 0 saturated heterocycles. The molecule has 3 nitrogen and oxygen atoms in total. The van der Waals surface area contributed by atoms with Gasteiger partial charge in [0.25, 0.3) is 0 Å². The van der Waals surface area contributed by atoms with Gasteiger partial charge >= 0.3 is 0 Å². The molecule has 0 radical (unpaired) electrons. The van der Waals surface area contributed by atoms with E-state index in [2.05, 4.69) is 35.4 Å². The highest BCUT2D eigenvalue weighted by Gasteiger charge is 2.05. The lowest BCUT2D eigenvalue weighted by Crippen LogP contribution is -2.04. The molecule has 0 aliphatic rings. The summed E-state index contributed by atoms with van der Waals surface area (Å²) in [6, 6.07) is 10.5. The first-order valence-corrected chi connectivity index (χ1v) is 6.42. The highest BCUT2D eigenvalue weighted by Crippen LogP contribution is 2.28. The second-order valence-electron chi connectivity index (χ2n) is 4.21. The van der Waals surface area contributed by atoms with Crippen molar-refractivity contribution in [3.63, 3.8) is 0 Å². The molecule has 0 spiro atoms. The van der Waals surface area contributed by atoms with E-state index in [4.69, 9.17) is 5.73 Å². The largest absolute Gasteiger partial charge is 0.324 e. The number of benzene rings is 1. The van der Waals surface area contributed by atoms with E-state index in [1.807, 2.05) is 25.6 Å². The minimum absolute atomic E-state index is 0.0907. The Hall–Kier alpha value is -1.26. The normalized spacial score (nSPS) is 12.7. The average Bonchev–Trinajstić information content (AvgIpc) is 2.58. The van der Waals surface area contributed by atoms with Crippen LogP contribution in [0.3, 0.4) is 0 Å². The van der Waals surface area contributed by atoms with Crippen LogP contribution in [0.4, 0.5) is 0 Å². The van der Waals surface area contributed by atoms with Crippen LogP contribution in [0.2, 0.25) is 0 Å². The lowest BCUT2D eigenvalue weighted by atomic mass is 10.1. The van der Waals surface area contributed by atoms with Crippen LogP contribution in [-0.2, 0) is 7.05 Å². The Labute approximate surface area is 106 Å². The molecule has 17 heavy (non-hydrogen) atoms. The van der Waals surface area contributed by atoms with Gasteiger partial charge in [-0.2, -0.15) is 5.10 Å². The number of nitrogens with two attached hydrogens (primary N) is 1. The Morgan fingerprint density at radius 1 is 1.29 bits per heavy atom. The van der Waals surface area contributed by atoms with Crippen LogP contribution in [0.5, 0.6) is 0 Å². The van der Waals surface area contributed by atoms with Gasteiger partial charge in [-0.15, -0.1) is 0 Å². The molecule has 0 bridgehead atoms. The maximum absolute atomic E-state index is 5.82. The van der Waals surface area contributed by atoms with Crippen LogP contribution in [0.1, 0.15) is 24.2 Å². The summed E-state index contributed by atoms with van der Waals surface area (Å²) in [6.45, 7) is 4.00. The summed E-state index contributed by atoms with van der Waals surface area (Å²) in [4.78, 5) is 1.21. The minimum atomic E-state index is 0.0907. The molecule has 0 saturated carbocycles. The van der Waals surface area contributed by atoms with E-state index < -0.39 is 0 Å². The molecule has 2 aromatic rings. The standard InChI is InChI=1S/C13H17N3S/c1-9-8-13(16(3)15-9)17-12-6-4-11(5-7-12)10(2)14/h4-8,10H,14H2,1-3H3/t10-/m0/s1. The van der Waals surface area contributed by atoms with Gasteiger partial charge in [0, 0.05) is 18.0 Å². The van der Waals surface area contributed by atoms with E-state index in [0.29, 0.717) is 0 Å². The zero-order valence-electron chi connectivity index (χ0n) is 10.3. The molecule has 2 rings (SSSR count). The first-order valence-electron chi connectivity index (χ1n) is 5.60. The fourth-order valence-corrected chi connectivity index (χ4v) is 2.56. The summed E-state index contributed by atoms with van der Waals surface area (Å²) in [6.07, 6.45) is 0. The van der Waals surface area contributed by atoms with E-state index in [-0.39, 0.29) is 6.04 Å². The van der Waals surface area contributed by atoms with Crippen molar-refractivity contribution in [2.75, 3.05) is 0 Å². The van der Waals surface area contributed by atoms with E-state index in [9.17, 15) is 0 Å². The van der Waals surface area contributed by atoms with Gasteiger partial charge in [-0.05, 0) is 37.6 Å². The summed E-state index contributed by atoms with van der Waals surface area (Å²) in [5, 5.41) is 5.48. The third-order valence-electron chi connectivity index (χ3n) is 2.59. The maximum atomic E-state index is 5.82. The molecule has 0 amide bonds. The molecule has 1 aromatic heterocycles. The first-order chi connectivity index (χ1) is 8.06. The van der Waals surface area contributed by atoms with Crippen molar-refractivity contribution in [1.82, 2.24) is 9.78 Å². The van der Waals surface area contributed by atoms with E-state index >= 15 is 0 Å². The SMILES string of the molecule is Cc1cc(Sc2ccc([C@H](C)N)cc2)n(C)n1. The van der Waals surface area contributed by atoms with E-state index in [1.54, 1.807) is 11.8 Å². The fraction of sp³-hybridized carbons (Fsp3) is 0.308. The predicted molar refractivity (Wildman–Crippen MR) is 71.1 cm³/mol. The number of aromatic nitrogens is 2. The number of nitrogens with zero attached hydrogens (tertiary/aromatic N) is 2. The fourth-order valence-electron chi connectivity index (χ4n) is 1.64. The van der Waals surface area contributed by atoms with Gasteiger partial charge in [-0.3, -0.25) is 4.68 Å². The molecule has 1 heterocycles. The second-order valence-corrected chi connectivity index (χ2v) is 5.30. The minimum Gasteiger partial charge on any atom is -0.324 e. The number of aryl methyl sites for hydroxylation is 2. The third kappa shape index (κ3) is 2.90. The molecule has 90 valence electrons. The molecule has 2 N–H and O–H groups in total. The van der Waals surface area contributed by atoms with E-state index in [0.717, 1.165) is 16.3 Å². The Balaban J connectivity index is 2.16. The summed E-state index contributed by atoms with van der Waals surface area (Å²) in [7, 11) is 1.96. The monoisotopic (exact) mass is 247 g/mol. The highest BCUT2D eigenvalue weighted by molar-refractivity contribution is 7.99. The lowest BCUT2D eigenvalue weighted by Gasteiger charge is -2.06. The Kier molecular flexibility index (Phi) is 3.54. The molecular weight excluding hydrogens is 230 g/mol. The van der Waals surface area contributed by atoms with Crippen LogP contribution >= 0.6 is 11.8 Å². The van der Waals surface area contributed by atoms with Gasteiger partial charge in [0.15, 0.2) is 0 Å². The lowest BCUT2D eigenvalue weighted by molar-refractivity contribution is 0.692. The number of rotatable bonds is 3. The van der Waals surface area contributed by atoms with Crippen molar-refractivity contribution in [2.45, 2.75) is 29.8 Å². The van der Waals surface area contributed by atoms with Gasteiger partial charge in [-0.25, -0.2) is 0 Å². The third-order valence-corrected chi connectivity index (χ3v) is 3.69. The van der Waals surface area contributed by atoms with Gasteiger partial charge < -0.3 is 5.73 Å². The summed E-state index contributed by atoms with van der Waals surface area (Å²) in [5.74, 6) is 0. The smallest absolute Gasteiger partial charge is 0.0986 e.